The van der Waals surface area contributed by atoms with Gasteiger partial charge in [-0.25, -0.2) is 0 Å². The summed E-state index contributed by atoms with van der Waals surface area (Å²) in [6, 6.07) is 3.78. The van der Waals surface area contributed by atoms with Crippen LogP contribution >= 0.6 is 0 Å². The van der Waals surface area contributed by atoms with Crippen molar-refractivity contribution >= 4 is 17.8 Å². The predicted molar refractivity (Wildman–Crippen MR) is 133 cm³/mol. The summed E-state index contributed by atoms with van der Waals surface area (Å²) in [5.41, 5.74) is 0.260. The molecule has 7 nitrogen and oxygen atoms in total. The fraction of sp³-hybridized carbons (Fsp3) is 0.679. The lowest BCUT2D eigenvalue weighted by Gasteiger charge is -2.34. The normalized spacial score (nSPS) is 37.3. The Kier molecular flexibility index (Phi) is 8.56. The monoisotopic (exact) mass is 487 g/mol. The number of aliphatic hydroxyl groups is 2. The van der Waals surface area contributed by atoms with Gasteiger partial charge in [0.25, 0.3) is 0 Å². The summed E-state index contributed by atoms with van der Waals surface area (Å²) in [5.74, 6) is -1.56. The molecular weight excluding hydrogens is 446 g/mol. The van der Waals surface area contributed by atoms with E-state index in [1.54, 1.807) is 33.2 Å². The standard InChI is InChI=1S/C28H41NO6/c1-17-9-7-11-28(6)23(35-28)14-21(18(2)13-20-10-8-12-29-16-20)34-24(31)15-22(30)27(4,5)26(33)19(3)25(17)32/h8,10,12-13,16-17,19,21-23,25,30,32H,7,9,11,14-15H2,1-6H3/b18-13+/t17?,19-,21+,22+,23+,25?,28-/m1/s1. The molecule has 7 atom stereocenters. The molecule has 3 heterocycles. The Bertz CT molecular complexity index is 929. The number of esters is 1. The maximum Gasteiger partial charge on any atom is 0.309 e. The van der Waals surface area contributed by atoms with Crippen LogP contribution in [0.5, 0.6) is 0 Å². The third kappa shape index (κ3) is 6.57. The average molecular weight is 488 g/mol. The molecule has 2 aliphatic heterocycles. The number of rotatable bonds is 2. The van der Waals surface area contributed by atoms with Gasteiger partial charge >= 0.3 is 5.97 Å². The Labute approximate surface area is 208 Å². The summed E-state index contributed by atoms with van der Waals surface area (Å²) in [5, 5.41) is 21.7. The molecule has 2 fully saturated rings. The number of hydrogen-bond donors (Lipinski definition) is 2. The number of cyclic esters (lactones) is 1. The topological polar surface area (TPSA) is 109 Å². The second-order valence-corrected chi connectivity index (χ2v) is 11.3. The molecule has 0 aromatic carbocycles. The summed E-state index contributed by atoms with van der Waals surface area (Å²) in [6.07, 6.45) is 5.42. The van der Waals surface area contributed by atoms with E-state index in [1.165, 1.54) is 0 Å². The maximum atomic E-state index is 13.2. The van der Waals surface area contributed by atoms with Crippen LogP contribution in [0.2, 0.25) is 0 Å². The highest BCUT2D eigenvalue weighted by Gasteiger charge is 2.53. The third-order valence-corrected chi connectivity index (χ3v) is 7.99. The van der Waals surface area contributed by atoms with Gasteiger partial charge in [0.15, 0.2) is 0 Å². The quantitative estimate of drug-likeness (QED) is 0.477. The van der Waals surface area contributed by atoms with E-state index in [0.29, 0.717) is 6.42 Å². The van der Waals surface area contributed by atoms with Crippen LogP contribution < -0.4 is 0 Å². The van der Waals surface area contributed by atoms with E-state index in [1.807, 2.05) is 32.1 Å². The molecule has 3 rings (SSSR count). The molecule has 1 aromatic rings. The molecular formula is C28H41NO6. The van der Waals surface area contributed by atoms with Gasteiger partial charge in [-0.05, 0) is 49.8 Å². The summed E-state index contributed by atoms with van der Waals surface area (Å²) in [4.78, 5) is 30.3. The summed E-state index contributed by atoms with van der Waals surface area (Å²) >= 11 is 0. The highest BCUT2D eigenvalue weighted by atomic mass is 16.6. The van der Waals surface area contributed by atoms with Crippen LogP contribution in [-0.4, -0.2) is 57.0 Å². The smallest absolute Gasteiger partial charge is 0.309 e. The van der Waals surface area contributed by atoms with Gasteiger partial charge in [-0.1, -0.05) is 46.3 Å². The maximum absolute atomic E-state index is 13.2. The van der Waals surface area contributed by atoms with Gasteiger partial charge in [0.2, 0.25) is 0 Å². The van der Waals surface area contributed by atoms with Crippen molar-refractivity contribution in [3.63, 3.8) is 0 Å². The van der Waals surface area contributed by atoms with Crippen molar-refractivity contribution in [2.75, 3.05) is 0 Å². The lowest BCUT2D eigenvalue weighted by atomic mass is 9.73. The van der Waals surface area contributed by atoms with E-state index in [0.717, 1.165) is 30.4 Å². The second-order valence-electron chi connectivity index (χ2n) is 11.3. The lowest BCUT2D eigenvalue weighted by molar-refractivity contribution is -0.154. The average Bonchev–Trinajstić information content (AvgIpc) is 3.45. The van der Waals surface area contributed by atoms with Gasteiger partial charge in [0.1, 0.15) is 11.9 Å². The van der Waals surface area contributed by atoms with Crippen LogP contribution in [0.4, 0.5) is 0 Å². The molecule has 2 aliphatic rings. The van der Waals surface area contributed by atoms with Crippen LogP contribution in [0.25, 0.3) is 6.08 Å². The molecule has 7 heteroatoms. The fourth-order valence-electron chi connectivity index (χ4n) is 5.11. The number of pyridine rings is 1. The molecule has 2 saturated heterocycles. The van der Waals surface area contributed by atoms with Crippen LogP contribution in [-0.2, 0) is 19.1 Å². The Morgan fingerprint density at radius 2 is 1.91 bits per heavy atom. The van der Waals surface area contributed by atoms with Gasteiger partial charge in [0, 0.05) is 24.7 Å². The zero-order valence-electron chi connectivity index (χ0n) is 21.9. The van der Waals surface area contributed by atoms with Gasteiger partial charge in [-0.15, -0.1) is 0 Å². The first-order chi connectivity index (χ1) is 16.3. The fourth-order valence-corrected chi connectivity index (χ4v) is 5.11. The minimum atomic E-state index is -1.23. The number of Topliss-reactive ketones (excluding diaryl/α,β-unsaturated/α-hetero) is 1. The van der Waals surface area contributed by atoms with Gasteiger partial charge in [0.05, 0.1) is 35.7 Å². The SMILES string of the molecule is C/C(=C\c1cccnc1)[C@@H]1C[C@@H]2O[C@]2(C)CCCC(C)C(O)[C@@H](C)C(=O)C(C)(C)[C@@H](O)CC(=O)O1. The number of nitrogens with zero attached hydrogens (tertiary/aromatic N) is 1. The van der Waals surface area contributed by atoms with Crippen molar-refractivity contribution in [1.29, 1.82) is 0 Å². The zero-order valence-corrected chi connectivity index (χ0v) is 21.9. The minimum absolute atomic E-state index is 0.0486. The van der Waals surface area contributed by atoms with Crippen LogP contribution in [0, 0.1) is 17.3 Å². The molecule has 194 valence electrons. The number of ketones is 1. The first-order valence-electron chi connectivity index (χ1n) is 12.7. The number of ether oxygens (including phenoxy) is 2. The Hall–Kier alpha value is -2.09. The lowest BCUT2D eigenvalue weighted by Crippen LogP contribution is -2.45. The number of epoxide rings is 1. The summed E-state index contributed by atoms with van der Waals surface area (Å²) in [7, 11) is 0. The molecule has 0 amide bonds. The van der Waals surface area contributed by atoms with Gasteiger partial charge in [-0.2, -0.15) is 0 Å². The molecule has 0 aliphatic carbocycles. The first-order valence-corrected chi connectivity index (χ1v) is 12.7. The summed E-state index contributed by atoms with van der Waals surface area (Å²) in [6.45, 7) is 10.9. The van der Waals surface area contributed by atoms with Crippen molar-refractivity contribution in [2.45, 2.75) is 104 Å². The Morgan fingerprint density at radius 3 is 2.57 bits per heavy atom. The number of carbonyl (C=O) groups is 2. The van der Waals surface area contributed by atoms with E-state index in [4.69, 9.17) is 9.47 Å². The van der Waals surface area contributed by atoms with Crippen molar-refractivity contribution in [2.24, 2.45) is 17.3 Å². The second kappa shape index (κ2) is 10.9. The number of aliphatic hydroxyl groups excluding tert-OH is 2. The van der Waals surface area contributed by atoms with E-state index >= 15 is 0 Å². The van der Waals surface area contributed by atoms with Gasteiger partial charge < -0.3 is 19.7 Å². The molecule has 0 bridgehead atoms. The molecule has 0 spiro atoms. The van der Waals surface area contributed by atoms with E-state index in [9.17, 15) is 19.8 Å². The number of fused-ring (bicyclic) bond motifs is 1. The van der Waals surface area contributed by atoms with E-state index in [-0.39, 0.29) is 29.8 Å². The van der Waals surface area contributed by atoms with Crippen LogP contribution in [0.1, 0.15) is 79.2 Å². The van der Waals surface area contributed by atoms with Crippen molar-refractivity contribution in [3.8, 4) is 0 Å². The molecule has 2 unspecified atom stereocenters. The van der Waals surface area contributed by atoms with Crippen molar-refractivity contribution in [3.05, 3.63) is 35.7 Å². The first kappa shape index (κ1) is 27.5. The molecule has 35 heavy (non-hydrogen) atoms. The third-order valence-electron chi connectivity index (χ3n) is 7.99. The number of carbonyl (C=O) groups excluding carboxylic acids is 2. The number of hydrogen-bond acceptors (Lipinski definition) is 7. The Morgan fingerprint density at radius 1 is 1.20 bits per heavy atom. The molecule has 1 aromatic heterocycles. The predicted octanol–water partition coefficient (Wildman–Crippen LogP) is 4.11. The molecule has 0 saturated carbocycles. The number of aromatic nitrogens is 1. The van der Waals surface area contributed by atoms with E-state index < -0.39 is 35.6 Å². The Balaban J connectivity index is 1.86. The molecule has 2 N–H and O–H groups in total. The van der Waals surface area contributed by atoms with Crippen molar-refractivity contribution < 1.29 is 29.3 Å². The van der Waals surface area contributed by atoms with Crippen LogP contribution in [0.3, 0.4) is 0 Å². The van der Waals surface area contributed by atoms with Gasteiger partial charge in [-0.3, -0.25) is 14.6 Å². The highest BCUT2D eigenvalue weighted by Crippen LogP contribution is 2.45. The minimum Gasteiger partial charge on any atom is -0.458 e. The summed E-state index contributed by atoms with van der Waals surface area (Å²) < 4.78 is 11.9. The zero-order chi connectivity index (χ0) is 26.0. The van der Waals surface area contributed by atoms with Crippen molar-refractivity contribution in [1.82, 2.24) is 4.98 Å². The molecule has 0 radical (unpaired) electrons. The largest absolute Gasteiger partial charge is 0.458 e. The van der Waals surface area contributed by atoms with E-state index in [2.05, 4.69) is 11.9 Å². The van der Waals surface area contributed by atoms with Crippen LogP contribution in [0.15, 0.2) is 30.1 Å². The highest BCUT2D eigenvalue weighted by molar-refractivity contribution is 5.88.